The van der Waals surface area contributed by atoms with E-state index in [4.69, 9.17) is 5.26 Å². The lowest BCUT2D eigenvalue weighted by atomic mass is 10.1. The smallest absolute Gasteiger partial charge is 0.268 e. The molecule has 1 atom stereocenters. The van der Waals surface area contributed by atoms with Crippen LogP contribution in [0, 0.1) is 17.2 Å². The summed E-state index contributed by atoms with van der Waals surface area (Å²) in [5.74, 6) is -2.00. The molecule has 1 rings (SSSR count). The molecule has 6 heteroatoms. The topological polar surface area (TPSA) is 41.6 Å². The Kier molecular flexibility index (Phi) is 4.16. The van der Waals surface area contributed by atoms with E-state index >= 15 is 0 Å². The number of alkyl halides is 3. The van der Waals surface area contributed by atoms with Gasteiger partial charge in [0.25, 0.3) is 0 Å². The number of nitriles is 1. The van der Waals surface area contributed by atoms with Crippen molar-refractivity contribution in [2.45, 2.75) is 39.4 Å². The molecule has 0 amide bonds. The summed E-state index contributed by atoms with van der Waals surface area (Å²) in [6, 6.07) is 3.07. The summed E-state index contributed by atoms with van der Waals surface area (Å²) in [7, 11) is 0. The highest BCUT2D eigenvalue weighted by atomic mass is 19.4. The third kappa shape index (κ3) is 3.22. The van der Waals surface area contributed by atoms with E-state index in [1.54, 1.807) is 6.07 Å². The van der Waals surface area contributed by atoms with Crippen molar-refractivity contribution in [2.75, 3.05) is 0 Å². The van der Waals surface area contributed by atoms with Gasteiger partial charge in [0.1, 0.15) is 0 Å². The molecular formula is C11H14F3N3. The Bertz CT molecular complexity index is 415. The fraction of sp³-hybridized carbons (Fsp3) is 0.636. The van der Waals surface area contributed by atoms with Crippen LogP contribution in [0.4, 0.5) is 13.2 Å². The number of rotatable bonds is 4. The average molecular weight is 245 g/mol. The molecule has 0 N–H and O–H groups in total. The molecule has 1 aromatic rings. The zero-order valence-electron chi connectivity index (χ0n) is 9.75. The second-order valence-corrected chi connectivity index (χ2v) is 3.74. The number of hydrogen-bond donors (Lipinski definition) is 0. The summed E-state index contributed by atoms with van der Waals surface area (Å²) in [5, 5.41) is 12.6. The van der Waals surface area contributed by atoms with Crippen molar-refractivity contribution >= 4 is 0 Å². The highest BCUT2D eigenvalue weighted by Crippen LogP contribution is 2.27. The summed E-state index contributed by atoms with van der Waals surface area (Å²) in [5.41, 5.74) is 1.48. The number of nitrogens with zero attached hydrogens (tertiary/aromatic N) is 3. The zero-order valence-corrected chi connectivity index (χ0v) is 9.75. The fourth-order valence-corrected chi connectivity index (χ4v) is 1.52. The van der Waals surface area contributed by atoms with E-state index in [1.807, 2.05) is 13.8 Å². The second kappa shape index (κ2) is 5.21. The van der Waals surface area contributed by atoms with Gasteiger partial charge in [0, 0.05) is 5.69 Å². The van der Waals surface area contributed by atoms with E-state index in [2.05, 4.69) is 5.10 Å². The molecule has 0 saturated heterocycles. The molecule has 1 heterocycles. The van der Waals surface area contributed by atoms with Crippen LogP contribution in [0.1, 0.15) is 25.2 Å². The van der Waals surface area contributed by atoms with Crippen LogP contribution in [0.15, 0.2) is 6.07 Å². The van der Waals surface area contributed by atoms with Gasteiger partial charge in [-0.05, 0) is 18.9 Å². The van der Waals surface area contributed by atoms with E-state index in [-0.39, 0.29) is 0 Å². The van der Waals surface area contributed by atoms with Gasteiger partial charge < -0.3 is 0 Å². The highest BCUT2D eigenvalue weighted by Gasteiger charge is 2.40. The predicted molar refractivity (Wildman–Crippen MR) is 56.1 cm³/mol. The maximum absolute atomic E-state index is 12.5. The van der Waals surface area contributed by atoms with E-state index in [0.29, 0.717) is 12.8 Å². The number of aryl methyl sites for hydroxylation is 2. The van der Waals surface area contributed by atoms with Crippen LogP contribution >= 0.6 is 0 Å². The average Bonchev–Trinajstić information content (AvgIpc) is 2.66. The van der Waals surface area contributed by atoms with Gasteiger partial charge in [0.2, 0.25) is 0 Å². The standard InChI is InChI=1S/C11H14F3N3/c1-3-9-5-10(4-2)17(16-9)7-8(6-15)11(12,13)14/h5,8H,3-4,7H2,1-2H3. The maximum atomic E-state index is 12.5. The van der Waals surface area contributed by atoms with Gasteiger partial charge >= 0.3 is 6.18 Å². The third-order valence-electron chi connectivity index (χ3n) is 2.54. The zero-order chi connectivity index (χ0) is 13.1. The van der Waals surface area contributed by atoms with E-state index in [1.165, 1.54) is 10.8 Å². The molecule has 17 heavy (non-hydrogen) atoms. The van der Waals surface area contributed by atoms with Crippen molar-refractivity contribution in [1.29, 1.82) is 5.26 Å². The fourth-order valence-electron chi connectivity index (χ4n) is 1.52. The van der Waals surface area contributed by atoms with Gasteiger partial charge in [-0.2, -0.15) is 23.5 Å². The Morgan fingerprint density at radius 3 is 2.47 bits per heavy atom. The summed E-state index contributed by atoms with van der Waals surface area (Å²) in [6.45, 7) is 3.31. The molecule has 0 fully saturated rings. The summed E-state index contributed by atoms with van der Waals surface area (Å²) >= 11 is 0. The number of hydrogen-bond acceptors (Lipinski definition) is 2. The van der Waals surface area contributed by atoms with Crippen LogP contribution < -0.4 is 0 Å². The predicted octanol–water partition coefficient (Wildman–Crippen LogP) is 2.71. The highest BCUT2D eigenvalue weighted by molar-refractivity contribution is 5.11. The first-order valence-electron chi connectivity index (χ1n) is 5.44. The van der Waals surface area contributed by atoms with Crippen LogP contribution in [-0.4, -0.2) is 16.0 Å². The monoisotopic (exact) mass is 245 g/mol. The minimum atomic E-state index is -4.50. The van der Waals surface area contributed by atoms with Crippen molar-refractivity contribution in [2.24, 2.45) is 5.92 Å². The minimum absolute atomic E-state index is 0.427. The second-order valence-electron chi connectivity index (χ2n) is 3.74. The molecule has 3 nitrogen and oxygen atoms in total. The molecule has 1 aromatic heterocycles. The van der Waals surface area contributed by atoms with Gasteiger partial charge in [-0.15, -0.1) is 0 Å². The van der Waals surface area contributed by atoms with Crippen molar-refractivity contribution in [3.05, 3.63) is 17.5 Å². The van der Waals surface area contributed by atoms with Crippen LogP contribution in [0.3, 0.4) is 0 Å². The molecule has 1 unspecified atom stereocenters. The van der Waals surface area contributed by atoms with Gasteiger partial charge in [-0.1, -0.05) is 13.8 Å². The molecule has 0 spiro atoms. The van der Waals surface area contributed by atoms with Crippen molar-refractivity contribution in [3.8, 4) is 6.07 Å². The van der Waals surface area contributed by atoms with Crippen molar-refractivity contribution < 1.29 is 13.2 Å². The largest absolute Gasteiger partial charge is 0.406 e. The van der Waals surface area contributed by atoms with Crippen molar-refractivity contribution in [1.82, 2.24) is 9.78 Å². The SMILES string of the molecule is CCc1cc(CC)n(CC(C#N)C(F)(F)F)n1. The minimum Gasteiger partial charge on any atom is -0.268 e. The third-order valence-corrected chi connectivity index (χ3v) is 2.54. The lowest BCUT2D eigenvalue weighted by molar-refractivity contribution is -0.162. The Hall–Kier alpha value is -1.51. The number of halogens is 3. The first kappa shape index (κ1) is 13.6. The van der Waals surface area contributed by atoms with Gasteiger partial charge in [0.15, 0.2) is 5.92 Å². The molecule has 0 bridgehead atoms. The molecule has 94 valence electrons. The van der Waals surface area contributed by atoms with Crippen LogP contribution in [0.25, 0.3) is 0 Å². The summed E-state index contributed by atoms with van der Waals surface area (Å²) < 4.78 is 38.7. The van der Waals surface area contributed by atoms with Gasteiger partial charge in [-0.3, -0.25) is 4.68 Å². The van der Waals surface area contributed by atoms with Crippen LogP contribution in [0.2, 0.25) is 0 Å². The first-order valence-corrected chi connectivity index (χ1v) is 5.44. The van der Waals surface area contributed by atoms with Crippen LogP contribution in [-0.2, 0) is 19.4 Å². The van der Waals surface area contributed by atoms with Gasteiger partial charge in [0.05, 0.1) is 18.3 Å². The Morgan fingerprint density at radius 1 is 1.41 bits per heavy atom. The Morgan fingerprint density at radius 2 is 2.06 bits per heavy atom. The van der Waals surface area contributed by atoms with Crippen LogP contribution in [0.5, 0.6) is 0 Å². The van der Waals surface area contributed by atoms with E-state index in [0.717, 1.165) is 11.4 Å². The lowest BCUT2D eigenvalue weighted by Gasteiger charge is -2.14. The van der Waals surface area contributed by atoms with E-state index in [9.17, 15) is 13.2 Å². The number of aromatic nitrogens is 2. The maximum Gasteiger partial charge on any atom is 0.406 e. The van der Waals surface area contributed by atoms with E-state index < -0.39 is 18.6 Å². The van der Waals surface area contributed by atoms with Crippen molar-refractivity contribution in [3.63, 3.8) is 0 Å². The molecule has 0 aliphatic carbocycles. The van der Waals surface area contributed by atoms with Gasteiger partial charge in [-0.25, -0.2) is 0 Å². The quantitative estimate of drug-likeness (QED) is 0.818. The summed E-state index contributed by atoms with van der Waals surface area (Å²) in [6.07, 6.45) is -3.23. The molecular weight excluding hydrogens is 231 g/mol. The Balaban J connectivity index is 2.94. The molecule has 0 aliphatic rings. The molecule has 0 radical (unpaired) electrons. The molecule has 0 aliphatic heterocycles. The first-order chi connectivity index (χ1) is 7.92. The molecule has 0 aromatic carbocycles. The normalized spacial score (nSPS) is 13.4. The Labute approximate surface area is 97.8 Å². The lowest BCUT2D eigenvalue weighted by Crippen LogP contribution is -2.27. The summed E-state index contributed by atoms with van der Waals surface area (Å²) in [4.78, 5) is 0. The molecule has 0 saturated carbocycles.